The van der Waals surface area contributed by atoms with Gasteiger partial charge in [-0.2, -0.15) is 0 Å². The van der Waals surface area contributed by atoms with Crippen LogP contribution in [-0.2, 0) is 18.8 Å². The van der Waals surface area contributed by atoms with Gasteiger partial charge in [-0.3, -0.25) is 0 Å². The van der Waals surface area contributed by atoms with Crippen LogP contribution in [-0.4, -0.2) is 23.5 Å². The minimum Gasteiger partial charge on any atom is -0.302 e. The van der Waals surface area contributed by atoms with Crippen molar-refractivity contribution < 1.29 is 0 Å². The summed E-state index contributed by atoms with van der Waals surface area (Å²) in [5.74, 6) is 0.507. The Morgan fingerprint density at radius 2 is 2.00 bits per heavy atom. The van der Waals surface area contributed by atoms with Crippen molar-refractivity contribution in [2.24, 2.45) is 0 Å². The van der Waals surface area contributed by atoms with E-state index in [1.807, 2.05) is 17.5 Å². The van der Waals surface area contributed by atoms with Gasteiger partial charge < -0.3 is 4.90 Å². The summed E-state index contributed by atoms with van der Waals surface area (Å²) in [6.07, 6.45) is 2.13. The van der Waals surface area contributed by atoms with Crippen molar-refractivity contribution in [3.05, 3.63) is 50.9 Å². The molecule has 0 saturated carbocycles. The van der Waals surface area contributed by atoms with Crippen LogP contribution in [0.1, 0.15) is 22.7 Å². The first kappa shape index (κ1) is 15.8. The summed E-state index contributed by atoms with van der Waals surface area (Å²) in [5.41, 5.74) is 2.27. The summed E-state index contributed by atoms with van der Waals surface area (Å²) in [4.78, 5) is 6.79. The summed E-state index contributed by atoms with van der Waals surface area (Å²) in [6, 6.07) is 8.03. The first-order valence-electron chi connectivity index (χ1n) is 6.59. The average molecular weight is 329 g/mol. The molecule has 1 aromatic heterocycles. The molecule has 1 aromatic carbocycles. The second-order valence-corrected chi connectivity index (χ2v) is 6.48. The Labute approximate surface area is 134 Å². The fourth-order valence-electron chi connectivity index (χ4n) is 2.01. The Bertz CT molecular complexity index is 525. The topological polar surface area (TPSA) is 16.1 Å². The van der Waals surface area contributed by atoms with Gasteiger partial charge in [-0.15, -0.1) is 22.9 Å². The third-order valence-electron chi connectivity index (χ3n) is 3.03. The second kappa shape index (κ2) is 7.99. The first-order chi connectivity index (χ1) is 9.67. The fourth-order valence-corrected chi connectivity index (χ4v) is 3.20. The lowest BCUT2D eigenvalue weighted by atomic mass is 10.2. The van der Waals surface area contributed by atoms with E-state index in [0.29, 0.717) is 5.88 Å². The highest BCUT2D eigenvalue weighted by atomic mass is 35.5. The van der Waals surface area contributed by atoms with Crippen molar-refractivity contribution in [2.75, 3.05) is 13.6 Å². The molecular formula is C15H18Cl2N2S. The van der Waals surface area contributed by atoms with Gasteiger partial charge in [0.15, 0.2) is 0 Å². The van der Waals surface area contributed by atoms with Crippen molar-refractivity contribution in [3.63, 3.8) is 0 Å². The standard InChI is InChI=1S/C15H18Cl2N2S/c1-19(10-12-4-6-13(17)7-5-12)8-2-3-15-18-14(9-16)11-20-15/h4-7,11H,2-3,8-10H2,1H3. The minimum absolute atomic E-state index is 0.507. The van der Waals surface area contributed by atoms with Gasteiger partial charge in [-0.25, -0.2) is 4.98 Å². The Balaban J connectivity index is 1.72. The number of alkyl halides is 1. The van der Waals surface area contributed by atoms with Crippen LogP contribution in [0.15, 0.2) is 29.6 Å². The molecule has 0 spiro atoms. The van der Waals surface area contributed by atoms with Crippen LogP contribution in [0.5, 0.6) is 0 Å². The van der Waals surface area contributed by atoms with Crippen LogP contribution < -0.4 is 0 Å². The number of thiazole rings is 1. The Hall–Kier alpha value is -0.610. The number of aryl methyl sites for hydroxylation is 1. The van der Waals surface area contributed by atoms with Gasteiger partial charge in [0.25, 0.3) is 0 Å². The van der Waals surface area contributed by atoms with Gasteiger partial charge in [0.05, 0.1) is 16.6 Å². The lowest BCUT2D eigenvalue weighted by Crippen LogP contribution is -2.19. The smallest absolute Gasteiger partial charge is 0.0929 e. The molecule has 0 amide bonds. The lowest BCUT2D eigenvalue weighted by molar-refractivity contribution is 0.322. The Kier molecular flexibility index (Phi) is 6.30. The molecule has 0 aliphatic heterocycles. The van der Waals surface area contributed by atoms with E-state index in [9.17, 15) is 0 Å². The monoisotopic (exact) mass is 328 g/mol. The van der Waals surface area contributed by atoms with E-state index in [4.69, 9.17) is 23.2 Å². The van der Waals surface area contributed by atoms with Gasteiger partial charge >= 0.3 is 0 Å². The highest BCUT2D eigenvalue weighted by Gasteiger charge is 2.04. The predicted octanol–water partition coefficient (Wildman–Crippen LogP) is 4.60. The highest BCUT2D eigenvalue weighted by Crippen LogP contribution is 2.14. The quantitative estimate of drug-likeness (QED) is 0.690. The number of hydrogen-bond donors (Lipinski definition) is 0. The van der Waals surface area contributed by atoms with E-state index in [-0.39, 0.29) is 0 Å². The molecule has 0 unspecified atom stereocenters. The molecule has 2 nitrogen and oxygen atoms in total. The number of hydrogen-bond acceptors (Lipinski definition) is 3. The van der Waals surface area contributed by atoms with Gasteiger partial charge in [0.1, 0.15) is 0 Å². The van der Waals surface area contributed by atoms with Gasteiger partial charge in [-0.1, -0.05) is 23.7 Å². The third kappa shape index (κ3) is 5.06. The maximum absolute atomic E-state index is 5.88. The van der Waals surface area contributed by atoms with Gasteiger partial charge in [-0.05, 0) is 37.7 Å². The number of aromatic nitrogens is 1. The highest BCUT2D eigenvalue weighted by molar-refractivity contribution is 7.09. The fraction of sp³-hybridized carbons (Fsp3) is 0.400. The van der Waals surface area contributed by atoms with Crippen molar-refractivity contribution in [1.29, 1.82) is 0 Å². The zero-order valence-corrected chi connectivity index (χ0v) is 13.8. The van der Waals surface area contributed by atoms with E-state index >= 15 is 0 Å². The van der Waals surface area contributed by atoms with Crippen LogP contribution in [0.2, 0.25) is 5.02 Å². The SMILES string of the molecule is CN(CCCc1nc(CCl)cs1)Cc1ccc(Cl)cc1. The maximum atomic E-state index is 5.88. The van der Waals surface area contributed by atoms with Crippen LogP contribution in [0.4, 0.5) is 0 Å². The van der Waals surface area contributed by atoms with Crippen molar-refractivity contribution in [1.82, 2.24) is 9.88 Å². The zero-order valence-electron chi connectivity index (χ0n) is 11.5. The average Bonchev–Trinajstić information content (AvgIpc) is 2.89. The summed E-state index contributed by atoms with van der Waals surface area (Å²) in [5, 5.41) is 4.01. The molecule has 2 rings (SSSR count). The molecule has 2 aromatic rings. The number of halogens is 2. The maximum Gasteiger partial charge on any atom is 0.0929 e. The lowest BCUT2D eigenvalue weighted by Gasteiger charge is -2.16. The van der Waals surface area contributed by atoms with Crippen LogP contribution in [0.3, 0.4) is 0 Å². The molecule has 1 heterocycles. The number of benzene rings is 1. The second-order valence-electron chi connectivity index (χ2n) is 4.83. The predicted molar refractivity (Wildman–Crippen MR) is 87.8 cm³/mol. The molecule has 0 saturated heterocycles. The molecule has 0 fully saturated rings. The van der Waals surface area contributed by atoms with E-state index in [0.717, 1.165) is 36.6 Å². The summed E-state index contributed by atoms with van der Waals surface area (Å²) in [6.45, 7) is 2.00. The van der Waals surface area contributed by atoms with Gasteiger partial charge in [0, 0.05) is 23.4 Å². The van der Waals surface area contributed by atoms with Crippen molar-refractivity contribution >= 4 is 34.5 Å². The molecular weight excluding hydrogens is 311 g/mol. The molecule has 0 aliphatic rings. The van der Waals surface area contributed by atoms with Crippen LogP contribution in [0, 0.1) is 0 Å². The summed E-state index contributed by atoms with van der Waals surface area (Å²) < 4.78 is 0. The van der Waals surface area contributed by atoms with E-state index in [2.05, 4.69) is 29.1 Å². The molecule has 0 atom stereocenters. The third-order valence-corrected chi connectivity index (χ3v) is 4.52. The Morgan fingerprint density at radius 1 is 1.25 bits per heavy atom. The number of rotatable bonds is 7. The van der Waals surface area contributed by atoms with E-state index in [1.165, 1.54) is 10.6 Å². The van der Waals surface area contributed by atoms with E-state index < -0.39 is 0 Å². The normalized spacial score (nSPS) is 11.2. The molecule has 108 valence electrons. The molecule has 0 aliphatic carbocycles. The molecule has 20 heavy (non-hydrogen) atoms. The van der Waals surface area contributed by atoms with Gasteiger partial charge in [0.2, 0.25) is 0 Å². The minimum atomic E-state index is 0.507. The van der Waals surface area contributed by atoms with Crippen LogP contribution >= 0.6 is 34.5 Å². The first-order valence-corrected chi connectivity index (χ1v) is 8.39. The van der Waals surface area contributed by atoms with Crippen molar-refractivity contribution in [3.8, 4) is 0 Å². The molecule has 0 N–H and O–H groups in total. The summed E-state index contributed by atoms with van der Waals surface area (Å²) >= 11 is 13.3. The summed E-state index contributed by atoms with van der Waals surface area (Å²) in [7, 11) is 2.14. The molecule has 5 heteroatoms. The van der Waals surface area contributed by atoms with E-state index in [1.54, 1.807) is 11.3 Å². The van der Waals surface area contributed by atoms with Crippen LogP contribution in [0.25, 0.3) is 0 Å². The largest absolute Gasteiger partial charge is 0.302 e. The zero-order chi connectivity index (χ0) is 14.4. The molecule has 0 bridgehead atoms. The van der Waals surface area contributed by atoms with Crippen molar-refractivity contribution in [2.45, 2.75) is 25.3 Å². The molecule has 0 radical (unpaired) electrons. The Morgan fingerprint density at radius 3 is 2.65 bits per heavy atom. The number of nitrogens with zero attached hydrogens (tertiary/aromatic N) is 2.